The molecular weight excluding hydrogens is 401 g/mol. The van der Waals surface area contributed by atoms with Crippen LogP contribution in [0, 0.1) is 5.82 Å². The number of aromatic amines is 1. The highest BCUT2D eigenvalue weighted by Gasteiger charge is 2.30. The molecule has 3 heterocycles. The van der Waals surface area contributed by atoms with Crippen molar-refractivity contribution in [1.29, 1.82) is 0 Å². The zero-order chi connectivity index (χ0) is 21.4. The average molecular weight is 421 g/mol. The predicted molar refractivity (Wildman–Crippen MR) is 110 cm³/mol. The summed E-state index contributed by atoms with van der Waals surface area (Å²) in [4.78, 5) is 26.2. The fourth-order valence-electron chi connectivity index (χ4n) is 3.97. The van der Waals surface area contributed by atoms with Gasteiger partial charge in [-0.25, -0.2) is 14.2 Å². The van der Waals surface area contributed by atoms with Gasteiger partial charge < -0.3 is 14.2 Å². The fourth-order valence-corrected chi connectivity index (χ4v) is 3.97. The van der Waals surface area contributed by atoms with Crippen LogP contribution in [0.1, 0.15) is 41.0 Å². The lowest BCUT2D eigenvalue weighted by Crippen LogP contribution is -2.23. The molecule has 1 aliphatic heterocycles. The van der Waals surface area contributed by atoms with Crippen molar-refractivity contribution in [2.75, 3.05) is 13.7 Å². The number of fused-ring (bicyclic) bond motifs is 1. The quantitative estimate of drug-likeness (QED) is 0.489. The number of rotatable bonds is 5. The van der Waals surface area contributed by atoms with E-state index in [1.54, 1.807) is 30.3 Å². The molecule has 5 rings (SSSR count). The van der Waals surface area contributed by atoms with Gasteiger partial charge in [0.2, 0.25) is 11.7 Å². The van der Waals surface area contributed by atoms with Crippen LogP contribution in [0.3, 0.4) is 0 Å². The maximum Gasteiger partial charge on any atom is 0.337 e. The summed E-state index contributed by atoms with van der Waals surface area (Å²) < 4.78 is 23.7. The molecule has 31 heavy (non-hydrogen) atoms. The molecule has 1 N–H and O–H groups in total. The zero-order valence-electron chi connectivity index (χ0n) is 16.8. The Morgan fingerprint density at radius 1 is 1.26 bits per heavy atom. The molecule has 1 aliphatic rings. The van der Waals surface area contributed by atoms with Crippen LogP contribution in [-0.2, 0) is 11.3 Å². The Labute approximate surface area is 177 Å². The van der Waals surface area contributed by atoms with E-state index in [4.69, 9.17) is 9.26 Å². The second-order valence-electron chi connectivity index (χ2n) is 7.49. The first-order valence-electron chi connectivity index (χ1n) is 10.0. The highest BCUT2D eigenvalue weighted by molar-refractivity contribution is 5.89. The number of methoxy groups -OCH3 is 1. The van der Waals surface area contributed by atoms with E-state index >= 15 is 0 Å². The van der Waals surface area contributed by atoms with Gasteiger partial charge in [0.1, 0.15) is 11.6 Å². The number of aromatic nitrogens is 4. The van der Waals surface area contributed by atoms with E-state index in [1.165, 1.54) is 19.2 Å². The molecule has 4 aromatic rings. The Hall–Kier alpha value is -3.59. The third-order valence-corrected chi connectivity index (χ3v) is 5.51. The van der Waals surface area contributed by atoms with Crippen LogP contribution in [-0.4, -0.2) is 44.6 Å². The van der Waals surface area contributed by atoms with Gasteiger partial charge in [0.25, 0.3) is 0 Å². The predicted octanol–water partition coefficient (Wildman–Crippen LogP) is 3.88. The zero-order valence-corrected chi connectivity index (χ0v) is 16.8. The molecule has 1 fully saturated rings. The Kier molecular flexibility index (Phi) is 4.95. The SMILES string of the molecule is COC(=O)c1ccc(-c2noc(CN3CCCC3c3nc4ccc(F)cc4[nH]3)n2)cc1. The van der Waals surface area contributed by atoms with Gasteiger partial charge in [-0.3, -0.25) is 4.90 Å². The van der Waals surface area contributed by atoms with Crippen LogP contribution in [0.4, 0.5) is 4.39 Å². The largest absolute Gasteiger partial charge is 0.465 e. The Morgan fingerprint density at radius 3 is 2.90 bits per heavy atom. The van der Waals surface area contributed by atoms with Crippen molar-refractivity contribution in [2.24, 2.45) is 0 Å². The van der Waals surface area contributed by atoms with Gasteiger partial charge in [-0.2, -0.15) is 4.98 Å². The number of benzene rings is 2. The van der Waals surface area contributed by atoms with Crippen LogP contribution in [0.15, 0.2) is 47.0 Å². The van der Waals surface area contributed by atoms with E-state index in [-0.39, 0.29) is 11.9 Å². The number of hydrogen-bond acceptors (Lipinski definition) is 7. The van der Waals surface area contributed by atoms with Gasteiger partial charge in [-0.15, -0.1) is 0 Å². The lowest BCUT2D eigenvalue weighted by atomic mass is 10.1. The van der Waals surface area contributed by atoms with Crippen molar-refractivity contribution < 1.29 is 18.4 Å². The maximum absolute atomic E-state index is 13.5. The number of carbonyl (C=O) groups is 1. The van der Waals surface area contributed by atoms with Gasteiger partial charge in [-0.05, 0) is 49.7 Å². The molecule has 8 nitrogen and oxygen atoms in total. The number of carbonyl (C=O) groups excluding carboxylic acids is 1. The van der Waals surface area contributed by atoms with Crippen molar-refractivity contribution in [1.82, 2.24) is 25.0 Å². The standard InChI is InChI=1S/C22H20FN5O3/c1-30-22(29)14-6-4-13(5-7-14)20-26-19(31-27-20)12-28-10-2-3-18(28)21-24-16-9-8-15(23)11-17(16)25-21/h4-9,11,18H,2-3,10,12H2,1H3,(H,24,25). The summed E-state index contributed by atoms with van der Waals surface area (Å²) in [5.74, 6) is 1.09. The normalized spacial score (nSPS) is 16.8. The number of imidazole rings is 1. The molecular formula is C22H20FN5O3. The van der Waals surface area contributed by atoms with Crippen LogP contribution in [0.25, 0.3) is 22.4 Å². The minimum Gasteiger partial charge on any atom is -0.465 e. The summed E-state index contributed by atoms with van der Waals surface area (Å²) >= 11 is 0. The van der Waals surface area contributed by atoms with E-state index in [9.17, 15) is 9.18 Å². The molecule has 2 aromatic carbocycles. The van der Waals surface area contributed by atoms with Crippen LogP contribution in [0.2, 0.25) is 0 Å². The topological polar surface area (TPSA) is 97.1 Å². The number of nitrogens with zero attached hydrogens (tertiary/aromatic N) is 4. The molecule has 1 atom stereocenters. The van der Waals surface area contributed by atoms with Gasteiger partial charge >= 0.3 is 5.97 Å². The molecule has 0 spiro atoms. The third-order valence-electron chi connectivity index (χ3n) is 5.51. The summed E-state index contributed by atoms with van der Waals surface area (Å²) in [5.41, 5.74) is 2.65. The van der Waals surface area contributed by atoms with Crippen molar-refractivity contribution in [3.05, 3.63) is 65.6 Å². The molecule has 9 heteroatoms. The first-order valence-corrected chi connectivity index (χ1v) is 10.0. The van der Waals surface area contributed by atoms with Crippen LogP contribution >= 0.6 is 0 Å². The summed E-state index contributed by atoms with van der Waals surface area (Å²) in [5, 5.41) is 4.07. The molecule has 0 radical (unpaired) electrons. The number of H-pyrrole nitrogens is 1. The number of likely N-dealkylation sites (tertiary alicyclic amines) is 1. The number of hydrogen-bond donors (Lipinski definition) is 1. The van der Waals surface area contributed by atoms with E-state index < -0.39 is 5.97 Å². The molecule has 1 unspecified atom stereocenters. The molecule has 158 valence electrons. The minimum absolute atomic E-state index is 0.0742. The van der Waals surface area contributed by atoms with E-state index in [2.05, 4.69) is 25.0 Å². The Bertz CT molecular complexity index is 1230. The maximum atomic E-state index is 13.5. The first-order chi connectivity index (χ1) is 15.1. The third kappa shape index (κ3) is 3.79. The van der Waals surface area contributed by atoms with Gasteiger partial charge in [0, 0.05) is 5.56 Å². The van der Waals surface area contributed by atoms with Gasteiger partial charge in [0.15, 0.2) is 0 Å². The van der Waals surface area contributed by atoms with Gasteiger partial charge in [0.05, 0.1) is 36.3 Å². The van der Waals surface area contributed by atoms with Gasteiger partial charge in [-0.1, -0.05) is 17.3 Å². The van der Waals surface area contributed by atoms with Crippen molar-refractivity contribution in [2.45, 2.75) is 25.4 Å². The molecule has 1 saturated heterocycles. The summed E-state index contributed by atoms with van der Waals surface area (Å²) in [6, 6.07) is 11.5. The first kappa shape index (κ1) is 19.4. The average Bonchev–Trinajstić information content (AvgIpc) is 3.52. The smallest absolute Gasteiger partial charge is 0.337 e. The van der Waals surface area contributed by atoms with Crippen LogP contribution < -0.4 is 0 Å². The fraction of sp³-hybridized carbons (Fsp3) is 0.273. The summed E-state index contributed by atoms with van der Waals surface area (Å²) in [6.07, 6.45) is 1.96. The monoisotopic (exact) mass is 421 g/mol. The minimum atomic E-state index is -0.395. The van der Waals surface area contributed by atoms with E-state index in [0.29, 0.717) is 29.3 Å². The molecule has 0 amide bonds. The number of esters is 1. The molecule has 0 aliphatic carbocycles. The molecule has 2 aromatic heterocycles. The molecule has 0 bridgehead atoms. The number of halogens is 1. The van der Waals surface area contributed by atoms with Crippen LogP contribution in [0.5, 0.6) is 0 Å². The lowest BCUT2D eigenvalue weighted by molar-refractivity contribution is 0.0600. The van der Waals surface area contributed by atoms with Crippen molar-refractivity contribution in [3.63, 3.8) is 0 Å². The molecule has 0 saturated carbocycles. The summed E-state index contributed by atoms with van der Waals surface area (Å²) in [6.45, 7) is 1.37. The summed E-state index contributed by atoms with van der Waals surface area (Å²) in [7, 11) is 1.34. The highest BCUT2D eigenvalue weighted by Crippen LogP contribution is 2.32. The number of ether oxygens (including phenoxy) is 1. The number of nitrogens with one attached hydrogen (secondary N) is 1. The van der Waals surface area contributed by atoms with Crippen molar-refractivity contribution >= 4 is 17.0 Å². The Morgan fingerprint density at radius 2 is 2.10 bits per heavy atom. The van der Waals surface area contributed by atoms with Crippen molar-refractivity contribution in [3.8, 4) is 11.4 Å². The Balaban J connectivity index is 1.32. The second kappa shape index (κ2) is 7.92. The lowest BCUT2D eigenvalue weighted by Gasteiger charge is -2.20. The van der Waals surface area contributed by atoms with E-state index in [0.717, 1.165) is 36.3 Å². The second-order valence-corrected chi connectivity index (χ2v) is 7.49. The highest BCUT2D eigenvalue weighted by atomic mass is 19.1. The van der Waals surface area contributed by atoms with E-state index in [1.807, 2.05) is 0 Å².